The summed E-state index contributed by atoms with van der Waals surface area (Å²) in [7, 11) is 1.77. The van der Waals surface area contributed by atoms with E-state index >= 15 is 0 Å². The van der Waals surface area contributed by atoms with Crippen LogP contribution in [0.5, 0.6) is 0 Å². The molecule has 2 aromatic heterocycles. The molecule has 0 aliphatic heterocycles. The van der Waals surface area contributed by atoms with Crippen molar-refractivity contribution in [3.05, 3.63) is 58.7 Å². The summed E-state index contributed by atoms with van der Waals surface area (Å²) in [6.07, 6.45) is 0.710. The van der Waals surface area contributed by atoms with Crippen molar-refractivity contribution in [2.45, 2.75) is 46.1 Å². The minimum Gasteiger partial charge on any atom is -0.336 e. The fraction of sp³-hybridized carbons (Fsp3) is 0.381. The molecule has 0 N–H and O–H groups in total. The topological polar surface area (TPSA) is 59.2 Å². The van der Waals surface area contributed by atoms with Gasteiger partial charge in [0, 0.05) is 12.7 Å². The average molecular weight is 369 g/mol. The van der Waals surface area contributed by atoms with Crippen LogP contribution in [0.1, 0.15) is 66.5 Å². The molecule has 2 heterocycles. The number of hydrogen-bond acceptors (Lipinski definition) is 4. The second kappa shape index (κ2) is 7.47. The van der Waals surface area contributed by atoms with Crippen LogP contribution in [-0.2, 0) is 0 Å². The largest absolute Gasteiger partial charge is 0.336 e. The van der Waals surface area contributed by atoms with Gasteiger partial charge in [-0.15, -0.1) is 0 Å². The number of hydrogen-bond donors (Lipinski definition) is 0. The number of amides is 1. The van der Waals surface area contributed by atoms with Crippen LogP contribution in [0, 0.1) is 12.7 Å². The molecule has 0 unspecified atom stereocenters. The first-order chi connectivity index (χ1) is 12.8. The number of benzene rings is 1. The van der Waals surface area contributed by atoms with Gasteiger partial charge < -0.3 is 9.42 Å². The SMILES string of the molecule is CC[C@@H](c1ccc(F)cc1)N(C)C(=O)c1cc(C(C)C)nc2onc(C)c12. The van der Waals surface area contributed by atoms with E-state index in [-0.39, 0.29) is 23.7 Å². The van der Waals surface area contributed by atoms with Crippen molar-refractivity contribution in [2.24, 2.45) is 0 Å². The minimum absolute atomic E-state index is 0.133. The summed E-state index contributed by atoms with van der Waals surface area (Å²) in [4.78, 5) is 19.6. The number of pyridine rings is 1. The molecule has 6 heteroatoms. The van der Waals surface area contributed by atoms with Crippen LogP contribution in [0.3, 0.4) is 0 Å². The number of aromatic nitrogens is 2. The molecule has 0 bridgehead atoms. The number of carbonyl (C=O) groups excluding carboxylic acids is 1. The third kappa shape index (κ3) is 3.56. The number of nitrogens with zero attached hydrogens (tertiary/aromatic N) is 3. The Morgan fingerprint density at radius 1 is 1.26 bits per heavy atom. The Morgan fingerprint density at radius 2 is 1.93 bits per heavy atom. The van der Waals surface area contributed by atoms with E-state index in [1.807, 2.05) is 26.8 Å². The van der Waals surface area contributed by atoms with Gasteiger partial charge in [-0.25, -0.2) is 9.37 Å². The summed E-state index contributed by atoms with van der Waals surface area (Å²) >= 11 is 0. The minimum atomic E-state index is -0.292. The molecule has 0 saturated heterocycles. The molecule has 3 aromatic rings. The number of aryl methyl sites for hydroxylation is 1. The van der Waals surface area contributed by atoms with Crippen LogP contribution in [0.15, 0.2) is 34.9 Å². The number of rotatable bonds is 5. The lowest BCUT2D eigenvalue weighted by atomic mass is 10.00. The molecular weight excluding hydrogens is 345 g/mol. The molecule has 1 atom stereocenters. The summed E-state index contributed by atoms with van der Waals surface area (Å²) in [5.41, 5.74) is 3.23. The molecule has 1 amide bonds. The highest BCUT2D eigenvalue weighted by molar-refractivity contribution is 6.06. The fourth-order valence-electron chi connectivity index (χ4n) is 3.33. The molecule has 0 spiro atoms. The predicted octanol–water partition coefficient (Wildman–Crippen LogP) is 5.02. The maximum atomic E-state index is 13.4. The monoisotopic (exact) mass is 369 g/mol. The van der Waals surface area contributed by atoms with Crippen molar-refractivity contribution >= 4 is 17.0 Å². The highest BCUT2D eigenvalue weighted by Gasteiger charge is 2.26. The second-order valence-electron chi connectivity index (χ2n) is 7.09. The Balaban J connectivity index is 2.05. The third-order valence-electron chi connectivity index (χ3n) is 4.89. The quantitative estimate of drug-likeness (QED) is 0.634. The Kier molecular flexibility index (Phi) is 5.26. The number of halogens is 1. The van der Waals surface area contributed by atoms with Gasteiger partial charge in [0.25, 0.3) is 11.6 Å². The van der Waals surface area contributed by atoms with Crippen molar-refractivity contribution in [1.29, 1.82) is 0 Å². The Morgan fingerprint density at radius 3 is 2.52 bits per heavy atom. The maximum Gasteiger partial charge on any atom is 0.259 e. The van der Waals surface area contributed by atoms with E-state index in [1.165, 1.54) is 12.1 Å². The Bertz CT molecular complexity index is 963. The van der Waals surface area contributed by atoms with E-state index in [1.54, 1.807) is 31.0 Å². The lowest BCUT2D eigenvalue weighted by Gasteiger charge is -2.28. The summed E-state index contributed by atoms with van der Waals surface area (Å²) in [6.45, 7) is 7.84. The highest BCUT2D eigenvalue weighted by atomic mass is 19.1. The molecule has 0 aliphatic carbocycles. The van der Waals surface area contributed by atoms with Crippen LogP contribution < -0.4 is 0 Å². The second-order valence-corrected chi connectivity index (χ2v) is 7.09. The van der Waals surface area contributed by atoms with Crippen molar-refractivity contribution in [1.82, 2.24) is 15.0 Å². The van der Waals surface area contributed by atoms with Gasteiger partial charge in [-0.05, 0) is 43.0 Å². The first-order valence-electron chi connectivity index (χ1n) is 9.13. The zero-order valence-electron chi connectivity index (χ0n) is 16.3. The highest BCUT2D eigenvalue weighted by Crippen LogP contribution is 2.29. The zero-order chi connectivity index (χ0) is 19.7. The van der Waals surface area contributed by atoms with Gasteiger partial charge in [-0.2, -0.15) is 0 Å². The van der Waals surface area contributed by atoms with Crippen LogP contribution in [-0.4, -0.2) is 28.0 Å². The number of fused-ring (bicyclic) bond motifs is 1. The smallest absolute Gasteiger partial charge is 0.259 e. The molecule has 0 saturated carbocycles. The molecule has 3 rings (SSSR count). The van der Waals surface area contributed by atoms with E-state index in [2.05, 4.69) is 10.1 Å². The van der Waals surface area contributed by atoms with Crippen LogP contribution in [0.2, 0.25) is 0 Å². The zero-order valence-corrected chi connectivity index (χ0v) is 16.3. The Hall–Kier alpha value is -2.76. The standard InChI is InChI=1S/C21H24FN3O2/c1-6-18(14-7-9-15(22)10-8-14)25(5)21(26)16-11-17(12(2)3)23-20-19(16)13(4)24-27-20/h7-12,18H,6H2,1-5H3/t18-/m0/s1. The molecule has 27 heavy (non-hydrogen) atoms. The van der Waals surface area contributed by atoms with Crippen LogP contribution in [0.25, 0.3) is 11.1 Å². The van der Waals surface area contributed by atoms with Gasteiger partial charge >= 0.3 is 0 Å². The number of carbonyl (C=O) groups is 1. The van der Waals surface area contributed by atoms with E-state index < -0.39 is 0 Å². The van der Waals surface area contributed by atoms with Gasteiger partial charge in [0.05, 0.1) is 22.7 Å². The average Bonchev–Trinajstić information content (AvgIpc) is 3.03. The third-order valence-corrected chi connectivity index (χ3v) is 4.89. The molecule has 5 nitrogen and oxygen atoms in total. The van der Waals surface area contributed by atoms with E-state index in [4.69, 9.17) is 4.52 Å². The first-order valence-corrected chi connectivity index (χ1v) is 9.13. The molecule has 1 aromatic carbocycles. The van der Waals surface area contributed by atoms with Crippen LogP contribution >= 0.6 is 0 Å². The van der Waals surface area contributed by atoms with Gasteiger partial charge in [-0.1, -0.05) is 38.1 Å². The van der Waals surface area contributed by atoms with E-state index in [0.717, 1.165) is 11.3 Å². The van der Waals surface area contributed by atoms with Crippen molar-refractivity contribution in [2.75, 3.05) is 7.05 Å². The molecule has 0 aliphatic rings. The van der Waals surface area contributed by atoms with Crippen molar-refractivity contribution in [3.63, 3.8) is 0 Å². The van der Waals surface area contributed by atoms with Gasteiger partial charge in [0.15, 0.2) is 0 Å². The lowest BCUT2D eigenvalue weighted by Crippen LogP contribution is -2.31. The normalized spacial score (nSPS) is 12.6. The summed E-state index contributed by atoms with van der Waals surface area (Å²) in [5, 5.41) is 4.63. The summed E-state index contributed by atoms with van der Waals surface area (Å²) in [5.74, 6) is -0.275. The Labute approximate surface area is 158 Å². The summed E-state index contributed by atoms with van der Waals surface area (Å²) in [6, 6.07) is 7.94. The van der Waals surface area contributed by atoms with Crippen molar-refractivity contribution < 1.29 is 13.7 Å². The maximum absolute atomic E-state index is 13.4. The molecule has 0 fully saturated rings. The lowest BCUT2D eigenvalue weighted by molar-refractivity contribution is 0.0728. The predicted molar refractivity (Wildman–Crippen MR) is 102 cm³/mol. The van der Waals surface area contributed by atoms with E-state index in [9.17, 15) is 9.18 Å². The van der Waals surface area contributed by atoms with Crippen LogP contribution in [0.4, 0.5) is 4.39 Å². The van der Waals surface area contributed by atoms with Gasteiger partial charge in [0.1, 0.15) is 5.82 Å². The van der Waals surface area contributed by atoms with E-state index in [0.29, 0.717) is 28.8 Å². The van der Waals surface area contributed by atoms with Gasteiger partial charge in [0.2, 0.25) is 0 Å². The van der Waals surface area contributed by atoms with Crippen molar-refractivity contribution in [3.8, 4) is 0 Å². The molecular formula is C21H24FN3O2. The molecule has 0 radical (unpaired) electrons. The molecule has 142 valence electrons. The summed E-state index contributed by atoms with van der Waals surface area (Å²) < 4.78 is 18.6. The first kappa shape index (κ1) is 19.0. The fourth-order valence-corrected chi connectivity index (χ4v) is 3.33. The van der Waals surface area contributed by atoms with Gasteiger partial charge in [-0.3, -0.25) is 4.79 Å².